The van der Waals surface area contributed by atoms with E-state index in [1.165, 1.54) is 0 Å². The van der Waals surface area contributed by atoms with E-state index in [-0.39, 0.29) is 5.91 Å². The smallest absolute Gasteiger partial charge is 0.308 e. The molecule has 1 aliphatic rings. The van der Waals surface area contributed by atoms with Gasteiger partial charge < -0.3 is 14.6 Å². The van der Waals surface area contributed by atoms with Crippen LogP contribution in [-0.4, -0.2) is 44.5 Å². The first-order chi connectivity index (χ1) is 11.1. The quantitative estimate of drug-likeness (QED) is 0.935. The zero-order chi connectivity index (χ0) is 16.2. The van der Waals surface area contributed by atoms with Crippen molar-refractivity contribution in [3.8, 4) is 0 Å². The molecular weight excluding hydrogens is 294 g/mol. The Bertz CT molecular complexity index is 680. The van der Waals surface area contributed by atoms with Crippen LogP contribution in [0.15, 0.2) is 43.0 Å². The lowest BCUT2D eigenvalue weighted by Gasteiger charge is -2.30. The Hall–Kier alpha value is -2.63. The monoisotopic (exact) mass is 313 g/mol. The van der Waals surface area contributed by atoms with Crippen LogP contribution in [0.2, 0.25) is 0 Å². The molecule has 1 aromatic heterocycles. The predicted molar refractivity (Wildman–Crippen MR) is 84.0 cm³/mol. The molecule has 1 saturated heterocycles. The van der Waals surface area contributed by atoms with Crippen LogP contribution in [0.5, 0.6) is 0 Å². The number of carbonyl (C=O) groups excluding carboxylic acids is 1. The van der Waals surface area contributed by atoms with Gasteiger partial charge in [-0.05, 0) is 30.5 Å². The average Bonchev–Trinajstić information content (AvgIpc) is 3.08. The van der Waals surface area contributed by atoms with Crippen molar-refractivity contribution in [2.75, 3.05) is 13.1 Å². The maximum Gasteiger partial charge on any atom is 0.308 e. The van der Waals surface area contributed by atoms with Crippen molar-refractivity contribution in [3.63, 3.8) is 0 Å². The number of hydrogen-bond donors (Lipinski definition) is 1. The van der Waals surface area contributed by atoms with E-state index in [1.54, 1.807) is 29.6 Å². The molecule has 0 bridgehead atoms. The fourth-order valence-electron chi connectivity index (χ4n) is 2.89. The number of aromatic nitrogens is 2. The van der Waals surface area contributed by atoms with Gasteiger partial charge in [-0.15, -0.1) is 0 Å². The fraction of sp³-hybridized carbons (Fsp3) is 0.353. The maximum absolute atomic E-state index is 12.5. The van der Waals surface area contributed by atoms with Crippen LogP contribution in [0.25, 0.3) is 0 Å². The molecule has 0 radical (unpaired) electrons. The maximum atomic E-state index is 12.5. The second-order valence-corrected chi connectivity index (χ2v) is 5.86. The Morgan fingerprint density at radius 1 is 1.26 bits per heavy atom. The van der Waals surface area contributed by atoms with Gasteiger partial charge in [0.15, 0.2) is 0 Å². The summed E-state index contributed by atoms with van der Waals surface area (Å²) in [5.74, 6) is -1.36. The van der Waals surface area contributed by atoms with Crippen LogP contribution in [0, 0.1) is 5.92 Å². The number of carbonyl (C=O) groups is 2. The summed E-state index contributed by atoms with van der Waals surface area (Å²) in [5, 5.41) is 9.12. The zero-order valence-electron chi connectivity index (χ0n) is 12.8. The molecule has 1 N–H and O–H groups in total. The van der Waals surface area contributed by atoms with Crippen molar-refractivity contribution >= 4 is 11.9 Å². The minimum atomic E-state index is -0.821. The average molecular weight is 313 g/mol. The van der Waals surface area contributed by atoms with Gasteiger partial charge in [-0.25, -0.2) is 4.98 Å². The largest absolute Gasteiger partial charge is 0.481 e. The molecule has 1 fully saturated rings. The van der Waals surface area contributed by atoms with Crippen molar-refractivity contribution in [2.24, 2.45) is 5.92 Å². The highest BCUT2D eigenvalue weighted by molar-refractivity contribution is 5.94. The van der Waals surface area contributed by atoms with Gasteiger partial charge in [0.2, 0.25) is 0 Å². The van der Waals surface area contributed by atoms with Crippen LogP contribution in [0.4, 0.5) is 0 Å². The minimum Gasteiger partial charge on any atom is -0.481 e. The summed E-state index contributed by atoms with van der Waals surface area (Å²) in [6.45, 7) is 1.63. The second kappa shape index (κ2) is 6.64. The van der Waals surface area contributed by atoms with E-state index in [2.05, 4.69) is 4.98 Å². The molecule has 2 heterocycles. The van der Waals surface area contributed by atoms with Crippen molar-refractivity contribution in [3.05, 3.63) is 54.1 Å². The number of benzene rings is 1. The molecule has 1 unspecified atom stereocenters. The summed E-state index contributed by atoms with van der Waals surface area (Å²) in [6, 6.07) is 7.45. The fourth-order valence-corrected chi connectivity index (χ4v) is 2.89. The number of likely N-dealkylation sites (tertiary alicyclic amines) is 1. The molecule has 6 heteroatoms. The van der Waals surface area contributed by atoms with Crippen LogP contribution in [-0.2, 0) is 11.3 Å². The molecule has 3 rings (SSSR count). The second-order valence-electron chi connectivity index (χ2n) is 5.86. The topological polar surface area (TPSA) is 75.4 Å². The summed E-state index contributed by atoms with van der Waals surface area (Å²) in [5.41, 5.74) is 1.69. The minimum absolute atomic E-state index is 0.0925. The third kappa shape index (κ3) is 3.59. The summed E-state index contributed by atoms with van der Waals surface area (Å²) in [7, 11) is 0. The normalized spacial score (nSPS) is 17.9. The molecule has 6 nitrogen and oxygen atoms in total. The number of rotatable bonds is 4. The lowest BCUT2D eigenvalue weighted by Crippen LogP contribution is -2.42. The van der Waals surface area contributed by atoms with Crippen LogP contribution in [0.1, 0.15) is 28.8 Å². The van der Waals surface area contributed by atoms with Crippen molar-refractivity contribution in [1.82, 2.24) is 14.5 Å². The van der Waals surface area contributed by atoms with Gasteiger partial charge in [0.25, 0.3) is 5.91 Å². The molecule has 0 aliphatic carbocycles. The van der Waals surface area contributed by atoms with Crippen LogP contribution >= 0.6 is 0 Å². The molecule has 1 aromatic carbocycles. The van der Waals surface area contributed by atoms with Crippen molar-refractivity contribution in [2.45, 2.75) is 19.4 Å². The lowest BCUT2D eigenvalue weighted by atomic mass is 9.97. The highest BCUT2D eigenvalue weighted by Crippen LogP contribution is 2.19. The molecule has 0 saturated carbocycles. The summed E-state index contributed by atoms with van der Waals surface area (Å²) in [4.78, 5) is 29.3. The number of nitrogens with zero attached hydrogens (tertiary/aromatic N) is 3. The van der Waals surface area contributed by atoms with E-state index in [0.29, 0.717) is 31.6 Å². The molecule has 120 valence electrons. The molecule has 1 aliphatic heterocycles. The zero-order valence-corrected chi connectivity index (χ0v) is 12.8. The van der Waals surface area contributed by atoms with Gasteiger partial charge in [0, 0.05) is 37.6 Å². The summed E-state index contributed by atoms with van der Waals surface area (Å²) in [6.07, 6.45) is 6.75. The molecule has 2 aromatic rings. The van der Waals surface area contributed by atoms with E-state index in [4.69, 9.17) is 5.11 Å². The van der Waals surface area contributed by atoms with Gasteiger partial charge in [-0.3, -0.25) is 9.59 Å². The van der Waals surface area contributed by atoms with Gasteiger partial charge in [-0.1, -0.05) is 12.1 Å². The number of aliphatic carboxylic acids is 1. The Labute approximate surface area is 134 Å². The van der Waals surface area contributed by atoms with Gasteiger partial charge >= 0.3 is 5.97 Å². The first-order valence-corrected chi connectivity index (χ1v) is 7.70. The predicted octanol–water partition coefficient (Wildman–Crippen LogP) is 1.87. The standard InChI is InChI=1S/C17H19N3O3/c21-16(20-8-1-2-15(11-20)17(22)23)14-5-3-13(4-6-14)10-19-9-7-18-12-19/h3-7,9,12,15H,1-2,8,10-11H2,(H,22,23). The Morgan fingerprint density at radius 2 is 2.04 bits per heavy atom. The Balaban J connectivity index is 1.66. The number of piperidine rings is 1. The third-order valence-corrected chi connectivity index (χ3v) is 4.18. The molecule has 23 heavy (non-hydrogen) atoms. The molecular formula is C17H19N3O3. The summed E-state index contributed by atoms with van der Waals surface area (Å²) < 4.78 is 1.96. The van der Waals surface area contributed by atoms with Gasteiger partial charge in [0.1, 0.15) is 0 Å². The Morgan fingerprint density at radius 3 is 2.70 bits per heavy atom. The third-order valence-electron chi connectivity index (χ3n) is 4.18. The number of carboxylic acids is 1. The first-order valence-electron chi connectivity index (χ1n) is 7.70. The van der Waals surface area contributed by atoms with Crippen LogP contribution < -0.4 is 0 Å². The molecule has 1 atom stereocenters. The van der Waals surface area contributed by atoms with E-state index >= 15 is 0 Å². The van der Waals surface area contributed by atoms with Crippen molar-refractivity contribution < 1.29 is 14.7 Å². The number of carboxylic acid groups (broad SMARTS) is 1. The van der Waals surface area contributed by atoms with E-state index in [9.17, 15) is 9.59 Å². The summed E-state index contributed by atoms with van der Waals surface area (Å²) >= 11 is 0. The van der Waals surface area contributed by atoms with E-state index in [0.717, 1.165) is 12.0 Å². The highest BCUT2D eigenvalue weighted by Gasteiger charge is 2.28. The van der Waals surface area contributed by atoms with E-state index in [1.807, 2.05) is 22.9 Å². The number of amides is 1. The SMILES string of the molecule is O=C(O)C1CCCN(C(=O)c2ccc(Cn3ccnc3)cc2)C1. The molecule has 1 amide bonds. The first kappa shape index (κ1) is 15.3. The van der Waals surface area contributed by atoms with Gasteiger partial charge in [-0.2, -0.15) is 0 Å². The molecule has 0 spiro atoms. The van der Waals surface area contributed by atoms with E-state index < -0.39 is 11.9 Å². The number of imidazole rings is 1. The van der Waals surface area contributed by atoms with Crippen LogP contribution in [0.3, 0.4) is 0 Å². The van der Waals surface area contributed by atoms with Gasteiger partial charge in [0.05, 0.1) is 12.2 Å². The Kier molecular flexibility index (Phi) is 4.41. The van der Waals surface area contributed by atoms with Crippen molar-refractivity contribution in [1.29, 1.82) is 0 Å². The highest BCUT2D eigenvalue weighted by atomic mass is 16.4. The number of hydrogen-bond acceptors (Lipinski definition) is 3. The lowest BCUT2D eigenvalue weighted by molar-refractivity contribution is -0.143.